The van der Waals surface area contributed by atoms with E-state index in [0.29, 0.717) is 40.9 Å². The van der Waals surface area contributed by atoms with Crippen molar-refractivity contribution in [1.82, 2.24) is 9.88 Å². The second-order valence-corrected chi connectivity index (χ2v) is 7.10. The van der Waals surface area contributed by atoms with Gasteiger partial charge in [0.05, 0.1) is 22.4 Å². The van der Waals surface area contributed by atoms with Crippen LogP contribution in [0.5, 0.6) is 5.75 Å². The molecule has 160 valence electrons. The minimum Gasteiger partial charge on any atom is -0.494 e. The predicted octanol–water partition coefficient (Wildman–Crippen LogP) is 4.13. The van der Waals surface area contributed by atoms with Crippen LogP contribution in [0.2, 0.25) is 0 Å². The van der Waals surface area contributed by atoms with Gasteiger partial charge in [0.2, 0.25) is 0 Å². The summed E-state index contributed by atoms with van der Waals surface area (Å²) < 4.78 is 5.66. The van der Waals surface area contributed by atoms with E-state index in [1.807, 2.05) is 6.92 Å². The van der Waals surface area contributed by atoms with Gasteiger partial charge in [0.25, 0.3) is 5.69 Å². The lowest BCUT2D eigenvalue weighted by Crippen LogP contribution is -2.28. The van der Waals surface area contributed by atoms with Crippen molar-refractivity contribution in [3.8, 4) is 5.75 Å². The van der Waals surface area contributed by atoms with E-state index in [0.717, 1.165) is 26.1 Å². The predicted molar refractivity (Wildman–Crippen MR) is 121 cm³/mol. The summed E-state index contributed by atoms with van der Waals surface area (Å²) in [5, 5.41) is 15.6. The smallest absolute Gasteiger partial charge is 0.293 e. The van der Waals surface area contributed by atoms with Crippen LogP contribution in [-0.4, -0.2) is 47.6 Å². The Balaban J connectivity index is 2.12. The summed E-state index contributed by atoms with van der Waals surface area (Å²) in [4.78, 5) is 29.8. The molecular weight excluding hydrogens is 384 g/mol. The topological polar surface area (TPSA) is 100 Å². The van der Waals surface area contributed by atoms with Gasteiger partial charge in [-0.15, -0.1) is 0 Å². The fourth-order valence-electron chi connectivity index (χ4n) is 3.54. The summed E-state index contributed by atoms with van der Waals surface area (Å²) >= 11 is 0. The Kier molecular flexibility index (Phi) is 6.89. The number of rotatable bonds is 10. The molecule has 0 saturated heterocycles. The molecule has 0 aliphatic carbocycles. The third-order valence-electron chi connectivity index (χ3n) is 5.21. The molecular formula is C22H28N4O4. The zero-order valence-corrected chi connectivity index (χ0v) is 17.7. The number of likely N-dealkylation sites (N-methyl/N-ethyl adjacent to an activating group) is 1. The van der Waals surface area contributed by atoms with Crippen molar-refractivity contribution in [3.63, 3.8) is 0 Å². The third-order valence-corrected chi connectivity index (χ3v) is 5.21. The fraction of sp³-hybridized carbons (Fsp3) is 0.409. The van der Waals surface area contributed by atoms with Gasteiger partial charge in [-0.25, -0.2) is 0 Å². The van der Waals surface area contributed by atoms with Crippen LogP contribution in [0.1, 0.15) is 27.2 Å². The molecule has 3 aromatic rings. The van der Waals surface area contributed by atoms with Crippen LogP contribution in [0.25, 0.3) is 21.8 Å². The van der Waals surface area contributed by atoms with Gasteiger partial charge in [0.15, 0.2) is 5.43 Å². The van der Waals surface area contributed by atoms with E-state index < -0.39 is 4.92 Å². The lowest BCUT2D eigenvalue weighted by molar-refractivity contribution is -0.383. The average molecular weight is 412 g/mol. The number of nitro benzene ring substituents is 1. The van der Waals surface area contributed by atoms with Crippen molar-refractivity contribution in [2.75, 3.05) is 38.1 Å². The zero-order valence-electron chi connectivity index (χ0n) is 17.7. The van der Waals surface area contributed by atoms with Gasteiger partial charge in [0, 0.05) is 30.2 Å². The Hall–Kier alpha value is -3.13. The second kappa shape index (κ2) is 9.58. The summed E-state index contributed by atoms with van der Waals surface area (Å²) in [7, 11) is 0. The van der Waals surface area contributed by atoms with Gasteiger partial charge in [-0.2, -0.15) is 0 Å². The van der Waals surface area contributed by atoms with Crippen LogP contribution < -0.4 is 15.5 Å². The van der Waals surface area contributed by atoms with E-state index in [2.05, 4.69) is 29.0 Å². The largest absolute Gasteiger partial charge is 0.494 e. The quantitative estimate of drug-likeness (QED) is 0.295. The first kappa shape index (κ1) is 21.6. The summed E-state index contributed by atoms with van der Waals surface area (Å²) in [6, 6.07) is 8.23. The number of fused-ring (bicyclic) bond motifs is 2. The zero-order chi connectivity index (χ0) is 21.7. The van der Waals surface area contributed by atoms with E-state index in [4.69, 9.17) is 4.74 Å². The standard InChI is InChI=1S/C22H28N4O4/c1-4-13-30-15-7-8-17-16(14-15)22(27)20-18(23-11-12-25(5-2)6-3)9-10-19(26(28)29)21(20)24-17/h7-10,14,23H,4-6,11-13H2,1-3H3,(H,24,27). The van der Waals surface area contributed by atoms with Crippen molar-refractivity contribution < 1.29 is 9.66 Å². The number of hydrogen-bond acceptors (Lipinski definition) is 6. The molecule has 0 spiro atoms. The lowest BCUT2D eigenvalue weighted by Gasteiger charge is -2.19. The molecule has 0 aliphatic rings. The maximum Gasteiger partial charge on any atom is 0.293 e. The summed E-state index contributed by atoms with van der Waals surface area (Å²) in [6.45, 7) is 10.1. The van der Waals surface area contributed by atoms with Crippen molar-refractivity contribution >= 4 is 33.2 Å². The van der Waals surface area contributed by atoms with Gasteiger partial charge in [-0.1, -0.05) is 20.8 Å². The highest BCUT2D eigenvalue weighted by molar-refractivity contribution is 6.03. The number of benzene rings is 2. The fourth-order valence-corrected chi connectivity index (χ4v) is 3.54. The summed E-state index contributed by atoms with van der Waals surface area (Å²) in [6.07, 6.45) is 0.860. The molecule has 0 atom stereocenters. The molecule has 0 fully saturated rings. The Morgan fingerprint density at radius 1 is 1.17 bits per heavy atom. The average Bonchev–Trinajstić information content (AvgIpc) is 2.75. The molecule has 3 rings (SSSR count). The molecule has 0 bridgehead atoms. The molecule has 2 aromatic carbocycles. The number of non-ortho nitro benzene ring substituents is 1. The lowest BCUT2D eigenvalue weighted by atomic mass is 10.1. The van der Waals surface area contributed by atoms with Gasteiger partial charge in [0.1, 0.15) is 11.3 Å². The van der Waals surface area contributed by atoms with Crippen LogP contribution >= 0.6 is 0 Å². The molecule has 0 aliphatic heterocycles. The van der Waals surface area contributed by atoms with Gasteiger partial charge in [-0.05, 0) is 43.8 Å². The number of aromatic nitrogens is 1. The van der Waals surface area contributed by atoms with E-state index in [1.165, 1.54) is 6.07 Å². The normalized spacial score (nSPS) is 11.3. The molecule has 0 saturated carbocycles. The maximum absolute atomic E-state index is 13.4. The van der Waals surface area contributed by atoms with Gasteiger partial charge >= 0.3 is 0 Å². The Labute approximate surface area is 175 Å². The highest BCUT2D eigenvalue weighted by atomic mass is 16.6. The van der Waals surface area contributed by atoms with Crippen LogP contribution in [0, 0.1) is 10.1 Å². The molecule has 1 aromatic heterocycles. The highest BCUT2D eigenvalue weighted by Crippen LogP contribution is 2.30. The summed E-state index contributed by atoms with van der Waals surface area (Å²) in [5.41, 5.74) is 0.984. The first-order chi connectivity index (χ1) is 14.5. The van der Waals surface area contributed by atoms with Crippen molar-refractivity contribution in [1.29, 1.82) is 0 Å². The minimum absolute atomic E-state index is 0.121. The number of ether oxygens (including phenoxy) is 1. The van der Waals surface area contributed by atoms with Crippen LogP contribution in [-0.2, 0) is 0 Å². The SMILES string of the molecule is CCCOc1ccc2[nH]c3c([N+](=O)[O-])ccc(NCCN(CC)CC)c3c(=O)c2c1. The van der Waals surface area contributed by atoms with Crippen molar-refractivity contribution in [2.24, 2.45) is 0 Å². The molecule has 0 unspecified atom stereocenters. The first-order valence-electron chi connectivity index (χ1n) is 10.4. The molecule has 1 heterocycles. The third kappa shape index (κ3) is 4.38. The molecule has 2 N–H and O–H groups in total. The number of anilines is 1. The van der Waals surface area contributed by atoms with Gasteiger partial charge in [-0.3, -0.25) is 14.9 Å². The van der Waals surface area contributed by atoms with Crippen molar-refractivity contribution in [3.05, 3.63) is 50.7 Å². The maximum atomic E-state index is 13.4. The molecule has 0 radical (unpaired) electrons. The van der Waals surface area contributed by atoms with Crippen molar-refractivity contribution in [2.45, 2.75) is 27.2 Å². The number of nitrogens with one attached hydrogen (secondary N) is 2. The van der Waals surface area contributed by atoms with Crippen LogP contribution in [0.4, 0.5) is 11.4 Å². The number of aromatic amines is 1. The van der Waals surface area contributed by atoms with E-state index >= 15 is 0 Å². The van der Waals surface area contributed by atoms with E-state index in [9.17, 15) is 14.9 Å². The molecule has 8 nitrogen and oxygen atoms in total. The van der Waals surface area contributed by atoms with Crippen LogP contribution in [0.15, 0.2) is 35.1 Å². The van der Waals surface area contributed by atoms with E-state index in [1.54, 1.807) is 24.3 Å². The number of nitro groups is 1. The van der Waals surface area contributed by atoms with Gasteiger partial charge < -0.3 is 19.9 Å². The molecule has 30 heavy (non-hydrogen) atoms. The number of nitrogens with zero attached hydrogens (tertiary/aromatic N) is 2. The minimum atomic E-state index is -0.470. The second-order valence-electron chi connectivity index (χ2n) is 7.10. The number of H-pyrrole nitrogens is 1. The Bertz CT molecular complexity index is 1110. The number of pyridine rings is 1. The highest BCUT2D eigenvalue weighted by Gasteiger charge is 2.19. The van der Waals surface area contributed by atoms with E-state index in [-0.39, 0.29) is 16.6 Å². The number of hydrogen-bond donors (Lipinski definition) is 2. The Morgan fingerprint density at radius 3 is 2.60 bits per heavy atom. The first-order valence-corrected chi connectivity index (χ1v) is 10.4. The molecule has 0 amide bonds. The van der Waals surface area contributed by atoms with Crippen LogP contribution in [0.3, 0.4) is 0 Å². The Morgan fingerprint density at radius 2 is 1.93 bits per heavy atom. The molecule has 8 heteroatoms. The summed E-state index contributed by atoms with van der Waals surface area (Å²) in [5.74, 6) is 0.607. The monoisotopic (exact) mass is 412 g/mol.